The first-order valence-corrected chi connectivity index (χ1v) is 6.54. The van der Waals surface area contributed by atoms with Gasteiger partial charge in [0.15, 0.2) is 0 Å². The Morgan fingerprint density at radius 2 is 2.06 bits per heavy atom. The normalized spacial score (nSPS) is 20.9. The molecule has 0 unspecified atom stereocenters. The van der Waals surface area contributed by atoms with Gasteiger partial charge in [0, 0.05) is 24.1 Å². The summed E-state index contributed by atoms with van der Waals surface area (Å²) in [6, 6.07) is 8.42. The van der Waals surface area contributed by atoms with Crippen molar-refractivity contribution in [2.45, 2.75) is 31.9 Å². The maximum absolute atomic E-state index is 9.87. The van der Waals surface area contributed by atoms with Gasteiger partial charge in [-0.3, -0.25) is 4.90 Å². The fourth-order valence-electron chi connectivity index (χ4n) is 2.09. The Bertz CT molecular complexity index is 355. The second-order valence-electron chi connectivity index (χ2n) is 4.90. The molecule has 1 aliphatic heterocycles. The summed E-state index contributed by atoms with van der Waals surface area (Å²) in [6.07, 6.45) is 1.75. The van der Waals surface area contributed by atoms with Gasteiger partial charge in [0.05, 0.1) is 5.60 Å². The Morgan fingerprint density at radius 1 is 1.38 bits per heavy atom. The molecular weight excluding hydrogens is 266 g/mol. The zero-order chi connectivity index (χ0) is 11.6. The number of nitrogens with zero attached hydrogens (tertiary/aromatic N) is 1. The van der Waals surface area contributed by atoms with Crippen LogP contribution in [-0.4, -0.2) is 28.7 Å². The first-order chi connectivity index (χ1) is 7.55. The van der Waals surface area contributed by atoms with Crippen LogP contribution in [0.3, 0.4) is 0 Å². The Kier molecular flexibility index (Phi) is 3.67. The molecular formula is C13H18BrNO. The summed E-state index contributed by atoms with van der Waals surface area (Å²) in [4.78, 5) is 2.40. The highest BCUT2D eigenvalue weighted by Crippen LogP contribution is 2.22. The van der Waals surface area contributed by atoms with E-state index in [1.165, 1.54) is 5.56 Å². The topological polar surface area (TPSA) is 23.5 Å². The molecule has 2 nitrogen and oxygen atoms in total. The molecule has 16 heavy (non-hydrogen) atoms. The highest BCUT2D eigenvalue weighted by molar-refractivity contribution is 9.10. The summed E-state index contributed by atoms with van der Waals surface area (Å²) in [7, 11) is 0. The minimum absolute atomic E-state index is 0.451. The quantitative estimate of drug-likeness (QED) is 0.902. The van der Waals surface area contributed by atoms with E-state index in [0.717, 1.165) is 36.9 Å². The number of piperidine rings is 1. The maximum atomic E-state index is 9.87. The van der Waals surface area contributed by atoms with Crippen LogP contribution < -0.4 is 0 Å². The Morgan fingerprint density at radius 3 is 2.69 bits per heavy atom. The van der Waals surface area contributed by atoms with Crippen molar-refractivity contribution < 1.29 is 5.11 Å². The van der Waals surface area contributed by atoms with Crippen LogP contribution in [0, 0.1) is 0 Å². The zero-order valence-electron chi connectivity index (χ0n) is 9.62. The van der Waals surface area contributed by atoms with Crippen molar-refractivity contribution in [1.82, 2.24) is 4.90 Å². The van der Waals surface area contributed by atoms with Crippen LogP contribution in [0.5, 0.6) is 0 Å². The van der Waals surface area contributed by atoms with E-state index in [2.05, 4.69) is 39.0 Å². The van der Waals surface area contributed by atoms with Crippen LogP contribution in [0.25, 0.3) is 0 Å². The third kappa shape index (κ3) is 3.30. The van der Waals surface area contributed by atoms with Crippen LogP contribution in [0.4, 0.5) is 0 Å². The minimum Gasteiger partial charge on any atom is -0.390 e. The van der Waals surface area contributed by atoms with E-state index in [-0.39, 0.29) is 0 Å². The van der Waals surface area contributed by atoms with E-state index in [1.807, 2.05) is 13.0 Å². The van der Waals surface area contributed by atoms with Gasteiger partial charge >= 0.3 is 0 Å². The molecule has 0 aliphatic carbocycles. The average molecular weight is 284 g/mol. The van der Waals surface area contributed by atoms with E-state index in [1.54, 1.807) is 0 Å². The zero-order valence-corrected chi connectivity index (χ0v) is 11.2. The van der Waals surface area contributed by atoms with Crippen molar-refractivity contribution in [3.05, 3.63) is 34.3 Å². The van der Waals surface area contributed by atoms with Crippen LogP contribution in [0.1, 0.15) is 25.3 Å². The third-order valence-electron chi connectivity index (χ3n) is 3.23. The lowest BCUT2D eigenvalue weighted by molar-refractivity contribution is -0.00730. The molecule has 1 heterocycles. The summed E-state index contributed by atoms with van der Waals surface area (Å²) >= 11 is 3.49. The molecule has 1 fully saturated rings. The molecule has 1 saturated heterocycles. The number of rotatable bonds is 2. The molecule has 88 valence electrons. The molecule has 0 radical (unpaired) electrons. The first-order valence-electron chi connectivity index (χ1n) is 5.74. The molecule has 0 bridgehead atoms. The van der Waals surface area contributed by atoms with Gasteiger partial charge in [-0.15, -0.1) is 0 Å². The number of benzene rings is 1. The number of aliphatic hydroxyl groups is 1. The summed E-state index contributed by atoms with van der Waals surface area (Å²) in [5.74, 6) is 0. The second-order valence-corrected chi connectivity index (χ2v) is 5.82. The predicted molar refractivity (Wildman–Crippen MR) is 69.3 cm³/mol. The molecule has 0 saturated carbocycles. The van der Waals surface area contributed by atoms with Crippen molar-refractivity contribution in [2.24, 2.45) is 0 Å². The number of hydrogen-bond donors (Lipinski definition) is 1. The molecule has 1 aromatic carbocycles. The SMILES string of the molecule is CC1(O)CCN(Cc2cccc(Br)c2)CC1. The maximum Gasteiger partial charge on any atom is 0.0644 e. The highest BCUT2D eigenvalue weighted by atomic mass is 79.9. The molecule has 1 aromatic rings. The fraction of sp³-hybridized carbons (Fsp3) is 0.538. The van der Waals surface area contributed by atoms with Crippen molar-refractivity contribution in [3.8, 4) is 0 Å². The van der Waals surface area contributed by atoms with Gasteiger partial charge < -0.3 is 5.11 Å². The molecule has 0 aromatic heterocycles. The van der Waals surface area contributed by atoms with E-state index < -0.39 is 5.60 Å². The second kappa shape index (κ2) is 4.86. The van der Waals surface area contributed by atoms with Crippen LogP contribution in [0.15, 0.2) is 28.7 Å². The van der Waals surface area contributed by atoms with Gasteiger partial charge in [-0.1, -0.05) is 28.1 Å². The largest absolute Gasteiger partial charge is 0.390 e. The predicted octanol–water partition coefficient (Wildman–Crippen LogP) is 2.80. The van der Waals surface area contributed by atoms with Gasteiger partial charge in [0.1, 0.15) is 0 Å². The molecule has 2 rings (SSSR count). The van der Waals surface area contributed by atoms with E-state index in [0.29, 0.717) is 0 Å². The van der Waals surface area contributed by atoms with Crippen molar-refractivity contribution >= 4 is 15.9 Å². The average Bonchev–Trinajstić information content (AvgIpc) is 2.21. The standard InChI is InChI=1S/C13H18BrNO/c1-13(16)5-7-15(8-6-13)10-11-3-2-4-12(14)9-11/h2-4,9,16H,5-8,10H2,1H3. The van der Waals surface area contributed by atoms with E-state index in [4.69, 9.17) is 0 Å². The fourth-order valence-corrected chi connectivity index (χ4v) is 2.53. The molecule has 0 atom stereocenters. The van der Waals surface area contributed by atoms with Gasteiger partial charge in [-0.2, -0.15) is 0 Å². The van der Waals surface area contributed by atoms with Gasteiger partial charge in [0.25, 0.3) is 0 Å². The van der Waals surface area contributed by atoms with Crippen molar-refractivity contribution in [2.75, 3.05) is 13.1 Å². The van der Waals surface area contributed by atoms with Gasteiger partial charge in [-0.05, 0) is 37.5 Å². The molecule has 0 spiro atoms. The number of halogens is 1. The van der Waals surface area contributed by atoms with Gasteiger partial charge in [0.2, 0.25) is 0 Å². The molecule has 1 aliphatic rings. The minimum atomic E-state index is -0.451. The molecule has 1 N–H and O–H groups in total. The summed E-state index contributed by atoms with van der Waals surface area (Å²) < 4.78 is 1.13. The Labute approximate surface area is 105 Å². The smallest absolute Gasteiger partial charge is 0.0644 e. The van der Waals surface area contributed by atoms with Crippen LogP contribution in [-0.2, 0) is 6.54 Å². The number of likely N-dealkylation sites (tertiary alicyclic amines) is 1. The van der Waals surface area contributed by atoms with E-state index in [9.17, 15) is 5.11 Å². The van der Waals surface area contributed by atoms with Crippen molar-refractivity contribution in [3.63, 3.8) is 0 Å². The van der Waals surface area contributed by atoms with E-state index >= 15 is 0 Å². The van der Waals surface area contributed by atoms with Gasteiger partial charge in [-0.25, -0.2) is 0 Å². The summed E-state index contributed by atoms with van der Waals surface area (Å²) in [5.41, 5.74) is 0.879. The summed E-state index contributed by atoms with van der Waals surface area (Å²) in [6.45, 7) is 4.89. The monoisotopic (exact) mass is 283 g/mol. The molecule has 0 amide bonds. The Hall–Kier alpha value is -0.380. The summed E-state index contributed by atoms with van der Waals surface area (Å²) in [5, 5.41) is 9.87. The van der Waals surface area contributed by atoms with Crippen molar-refractivity contribution in [1.29, 1.82) is 0 Å². The highest BCUT2D eigenvalue weighted by Gasteiger charge is 2.26. The lowest BCUT2D eigenvalue weighted by atomic mass is 9.93. The van der Waals surface area contributed by atoms with Crippen LogP contribution in [0.2, 0.25) is 0 Å². The van der Waals surface area contributed by atoms with Crippen LogP contribution >= 0.6 is 15.9 Å². The lowest BCUT2D eigenvalue weighted by Gasteiger charge is -2.35. The lowest BCUT2D eigenvalue weighted by Crippen LogP contribution is -2.41. The first kappa shape index (κ1) is 12.1. The molecule has 3 heteroatoms. The Balaban J connectivity index is 1.92. The third-order valence-corrected chi connectivity index (χ3v) is 3.72. The number of hydrogen-bond acceptors (Lipinski definition) is 2.